The molecule has 0 aliphatic carbocycles. The SMILES string of the molecule is Cn1cncc1CNC1CCN(C(=O)C(C)(C)C)CC1. The molecule has 5 nitrogen and oxygen atoms in total. The number of nitrogens with one attached hydrogen (secondary N) is 1. The fourth-order valence-electron chi connectivity index (χ4n) is 2.56. The van der Waals surface area contributed by atoms with Crippen molar-refractivity contribution >= 4 is 5.91 Å². The van der Waals surface area contributed by atoms with E-state index in [4.69, 9.17) is 0 Å². The Morgan fingerprint density at radius 3 is 2.55 bits per heavy atom. The second-order valence-corrected chi connectivity index (χ2v) is 6.69. The van der Waals surface area contributed by atoms with Crippen molar-refractivity contribution in [2.75, 3.05) is 13.1 Å². The molecule has 1 fully saturated rings. The Kier molecular flexibility index (Phi) is 4.48. The van der Waals surface area contributed by atoms with Crippen molar-refractivity contribution < 1.29 is 4.79 Å². The molecule has 1 N–H and O–H groups in total. The maximum absolute atomic E-state index is 12.2. The van der Waals surface area contributed by atoms with Gasteiger partial charge in [0, 0.05) is 44.3 Å². The molecule has 0 bridgehead atoms. The maximum Gasteiger partial charge on any atom is 0.227 e. The van der Waals surface area contributed by atoms with E-state index in [0.29, 0.717) is 6.04 Å². The average Bonchev–Trinajstić information content (AvgIpc) is 2.81. The molecule has 112 valence electrons. The molecule has 0 unspecified atom stereocenters. The standard InChI is InChI=1S/C15H26N4O/c1-15(2,3)14(20)19-7-5-12(6-8-19)17-10-13-9-16-11-18(13)4/h9,11-12,17H,5-8,10H2,1-4H3. The van der Waals surface area contributed by atoms with Crippen LogP contribution in [0.5, 0.6) is 0 Å². The number of likely N-dealkylation sites (tertiary alicyclic amines) is 1. The number of carbonyl (C=O) groups is 1. The van der Waals surface area contributed by atoms with Gasteiger partial charge in [0.25, 0.3) is 0 Å². The fraction of sp³-hybridized carbons (Fsp3) is 0.733. The van der Waals surface area contributed by atoms with Crippen LogP contribution in [0.4, 0.5) is 0 Å². The zero-order chi connectivity index (χ0) is 14.8. The van der Waals surface area contributed by atoms with Crippen LogP contribution in [0.2, 0.25) is 0 Å². The fourth-order valence-corrected chi connectivity index (χ4v) is 2.56. The van der Waals surface area contributed by atoms with Crippen molar-refractivity contribution in [1.82, 2.24) is 19.8 Å². The number of hydrogen-bond donors (Lipinski definition) is 1. The number of amides is 1. The van der Waals surface area contributed by atoms with Crippen LogP contribution in [0.25, 0.3) is 0 Å². The minimum absolute atomic E-state index is 0.266. The van der Waals surface area contributed by atoms with Gasteiger partial charge in [-0.2, -0.15) is 0 Å². The minimum atomic E-state index is -0.269. The third-order valence-electron chi connectivity index (χ3n) is 3.91. The number of piperidine rings is 1. The first-order valence-electron chi connectivity index (χ1n) is 7.36. The van der Waals surface area contributed by atoms with E-state index in [2.05, 4.69) is 10.3 Å². The van der Waals surface area contributed by atoms with Crippen LogP contribution in [0.1, 0.15) is 39.3 Å². The van der Waals surface area contributed by atoms with Gasteiger partial charge in [0.05, 0.1) is 12.0 Å². The molecule has 2 heterocycles. The molecule has 5 heteroatoms. The van der Waals surface area contributed by atoms with E-state index < -0.39 is 0 Å². The lowest BCUT2D eigenvalue weighted by Gasteiger charge is -2.36. The quantitative estimate of drug-likeness (QED) is 0.912. The Morgan fingerprint density at radius 1 is 1.40 bits per heavy atom. The molecular formula is C15H26N4O. The van der Waals surface area contributed by atoms with Gasteiger partial charge < -0.3 is 14.8 Å². The van der Waals surface area contributed by atoms with Gasteiger partial charge in [0.15, 0.2) is 0 Å². The van der Waals surface area contributed by atoms with Gasteiger partial charge in [0.2, 0.25) is 5.91 Å². The van der Waals surface area contributed by atoms with Crippen LogP contribution in [0.3, 0.4) is 0 Å². The Bertz CT molecular complexity index is 453. The highest BCUT2D eigenvalue weighted by atomic mass is 16.2. The molecule has 1 amide bonds. The van der Waals surface area contributed by atoms with Gasteiger partial charge >= 0.3 is 0 Å². The normalized spacial score (nSPS) is 17.5. The van der Waals surface area contributed by atoms with E-state index in [-0.39, 0.29) is 11.3 Å². The summed E-state index contributed by atoms with van der Waals surface area (Å²) in [5.41, 5.74) is 0.924. The highest BCUT2D eigenvalue weighted by Crippen LogP contribution is 2.21. The van der Waals surface area contributed by atoms with Gasteiger partial charge in [-0.1, -0.05) is 20.8 Å². The second-order valence-electron chi connectivity index (χ2n) is 6.69. The number of rotatable bonds is 3. The molecule has 2 rings (SSSR count). The predicted octanol–water partition coefficient (Wildman–Crippen LogP) is 1.55. The summed E-state index contributed by atoms with van der Waals surface area (Å²) in [6.07, 6.45) is 5.77. The van der Waals surface area contributed by atoms with Gasteiger partial charge in [-0.3, -0.25) is 4.79 Å². The van der Waals surface area contributed by atoms with Crippen molar-refractivity contribution in [2.45, 2.75) is 46.2 Å². The van der Waals surface area contributed by atoms with Crippen LogP contribution in [-0.2, 0) is 18.4 Å². The molecule has 1 aliphatic heterocycles. The molecular weight excluding hydrogens is 252 g/mol. The third kappa shape index (κ3) is 3.60. The van der Waals surface area contributed by atoms with Crippen molar-refractivity contribution in [3.05, 3.63) is 18.2 Å². The summed E-state index contributed by atoms with van der Waals surface area (Å²) >= 11 is 0. The van der Waals surface area contributed by atoms with Crippen molar-refractivity contribution in [2.24, 2.45) is 12.5 Å². The average molecular weight is 278 g/mol. The first-order chi connectivity index (χ1) is 9.38. The molecule has 20 heavy (non-hydrogen) atoms. The zero-order valence-corrected chi connectivity index (χ0v) is 13.0. The van der Waals surface area contributed by atoms with Crippen LogP contribution < -0.4 is 5.32 Å². The lowest BCUT2D eigenvalue weighted by atomic mass is 9.93. The molecule has 0 aromatic carbocycles. The smallest absolute Gasteiger partial charge is 0.227 e. The second kappa shape index (κ2) is 5.95. The molecule has 1 aliphatic rings. The lowest BCUT2D eigenvalue weighted by Crippen LogP contribution is -2.48. The van der Waals surface area contributed by atoms with Crippen LogP contribution >= 0.6 is 0 Å². The lowest BCUT2D eigenvalue weighted by molar-refractivity contribution is -0.140. The van der Waals surface area contributed by atoms with Crippen LogP contribution in [0, 0.1) is 5.41 Å². The summed E-state index contributed by atoms with van der Waals surface area (Å²) in [5.74, 6) is 0.266. The summed E-state index contributed by atoms with van der Waals surface area (Å²) in [6.45, 7) is 8.53. The van der Waals surface area contributed by atoms with Gasteiger partial charge in [-0.25, -0.2) is 4.98 Å². The highest BCUT2D eigenvalue weighted by Gasteiger charge is 2.30. The Labute approximate surface area is 121 Å². The molecule has 0 atom stereocenters. The number of aryl methyl sites for hydroxylation is 1. The Hall–Kier alpha value is -1.36. The van der Waals surface area contributed by atoms with E-state index in [1.54, 1.807) is 0 Å². The van der Waals surface area contributed by atoms with E-state index in [9.17, 15) is 4.79 Å². The molecule has 1 aromatic heterocycles. The Morgan fingerprint density at radius 2 is 2.05 bits per heavy atom. The molecule has 0 saturated carbocycles. The zero-order valence-electron chi connectivity index (χ0n) is 13.0. The summed E-state index contributed by atoms with van der Waals surface area (Å²) in [7, 11) is 2.01. The van der Waals surface area contributed by atoms with E-state index >= 15 is 0 Å². The molecule has 1 saturated heterocycles. The van der Waals surface area contributed by atoms with Crippen molar-refractivity contribution in [1.29, 1.82) is 0 Å². The van der Waals surface area contributed by atoms with Gasteiger partial charge in [-0.15, -0.1) is 0 Å². The summed E-state index contributed by atoms with van der Waals surface area (Å²) in [4.78, 5) is 18.3. The number of hydrogen-bond acceptors (Lipinski definition) is 3. The first kappa shape index (κ1) is 15.0. The van der Waals surface area contributed by atoms with Crippen LogP contribution in [-0.4, -0.2) is 39.5 Å². The van der Waals surface area contributed by atoms with E-state index in [0.717, 1.165) is 32.5 Å². The van der Waals surface area contributed by atoms with Gasteiger partial charge in [-0.05, 0) is 12.8 Å². The number of nitrogens with zero attached hydrogens (tertiary/aromatic N) is 3. The van der Waals surface area contributed by atoms with Crippen molar-refractivity contribution in [3.63, 3.8) is 0 Å². The molecule has 0 radical (unpaired) electrons. The van der Waals surface area contributed by atoms with Crippen molar-refractivity contribution in [3.8, 4) is 0 Å². The van der Waals surface area contributed by atoms with Crippen LogP contribution in [0.15, 0.2) is 12.5 Å². The number of imidazole rings is 1. The van der Waals surface area contributed by atoms with E-state index in [1.807, 2.05) is 49.8 Å². The summed E-state index contributed by atoms with van der Waals surface area (Å²) < 4.78 is 2.03. The van der Waals surface area contributed by atoms with E-state index in [1.165, 1.54) is 5.69 Å². The minimum Gasteiger partial charge on any atom is -0.342 e. The highest BCUT2D eigenvalue weighted by molar-refractivity contribution is 5.81. The Balaban J connectivity index is 1.77. The first-order valence-corrected chi connectivity index (χ1v) is 7.36. The third-order valence-corrected chi connectivity index (χ3v) is 3.91. The topological polar surface area (TPSA) is 50.2 Å². The van der Waals surface area contributed by atoms with Gasteiger partial charge in [0.1, 0.15) is 0 Å². The largest absolute Gasteiger partial charge is 0.342 e. The summed E-state index contributed by atoms with van der Waals surface area (Å²) in [5, 5.41) is 3.56. The predicted molar refractivity (Wildman–Crippen MR) is 79.1 cm³/mol. The summed E-state index contributed by atoms with van der Waals surface area (Å²) in [6, 6.07) is 0.494. The number of aromatic nitrogens is 2. The monoisotopic (exact) mass is 278 g/mol. The maximum atomic E-state index is 12.2. The number of carbonyl (C=O) groups excluding carboxylic acids is 1. The molecule has 0 spiro atoms. The molecule has 1 aromatic rings.